The van der Waals surface area contributed by atoms with Crippen LogP contribution in [-0.2, 0) is 26.2 Å². The first kappa shape index (κ1) is 27.7. The van der Waals surface area contributed by atoms with E-state index in [1.165, 1.54) is 9.21 Å². The van der Waals surface area contributed by atoms with Crippen molar-refractivity contribution < 1.29 is 18.0 Å². The van der Waals surface area contributed by atoms with Crippen LogP contribution in [0.5, 0.6) is 0 Å². The molecule has 186 valence electrons. The fraction of sp³-hybridized carbons (Fsp3) is 0.440. The predicted octanol–water partition coefficient (Wildman–Crippen LogP) is 4.14. The molecule has 2 amide bonds. The van der Waals surface area contributed by atoms with Gasteiger partial charge in [0.15, 0.2) is 0 Å². The number of hydrogen-bond donors (Lipinski definition) is 1. The molecule has 1 N–H and O–H groups in total. The van der Waals surface area contributed by atoms with Gasteiger partial charge in [-0.3, -0.25) is 13.9 Å². The van der Waals surface area contributed by atoms with E-state index in [0.29, 0.717) is 17.1 Å². The zero-order chi connectivity index (χ0) is 25.5. The highest BCUT2D eigenvalue weighted by atomic mass is 35.5. The second-order valence-electron chi connectivity index (χ2n) is 8.73. The molecular weight excluding hydrogens is 474 g/mol. The number of nitrogens with zero attached hydrogens (tertiary/aromatic N) is 2. The van der Waals surface area contributed by atoms with Crippen LogP contribution in [0.3, 0.4) is 0 Å². The van der Waals surface area contributed by atoms with Crippen LogP contribution in [-0.4, -0.2) is 50.0 Å². The van der Waals surface area contributed by atoms with E-state index < -0.39 is 16.1 Å². The number of nitrogens with one attached hydrogen (secondary N) is 1. The first-order valence-electron chi connectivity index (χ1n) is 11.3. The highest BCUT2D eigenvalue weighted by Gasteiger charge is 2.27. The molecule has 2 aromatic carbocycles. The molecule has 0 heterocycles. The summed E-state index contributed by atoms with van der Waals surface area (Å²) in [5.74, 6) is -0.503. The van der Waals surface area contributed by atoms with Crippen molar-refractivity contribution in [3.8, 4) is 0 Å². The number of carbonyl (C=O) groups excluding carboxylic acids is 2. The highest BCUT2D eigenvalue weighted by molar-refractivity contribution is 7.92. The standard InChI is InChI=1S/C25H34ClN3O4S/c1-18(2)27-25(31)20(4)28(17-21-11-6-7-13-23(21)26)24(30)14-9-15-29(34(5,32)33)22-12-8-10-19(3)16-22/h6-8,10-13,16,18,20H,9,14-15,17H2,1-5H3,(H,27,31)/t20-/m1/s1. The van der Waals surface area contributed by atoms with Gasteiger partial charge in [0.1, 0.15) is 6.04 Å². The first-order valence-corrected chi connectivity index (χ1v) is 13.5. The quantitative estimate of drug-likeness (QED) is 0.495. The van der Waals surface area contributed by atoms with E-state index in [2.05, 4.69) is 5.32 Å². The Balaban J connectivity index is 2.18. The summed E-state index contributed by atoms with van der Waals surface area (Å²) in [6, 6.07) is 13.6. The van der Waals surface area contributed by atoms with Crippen molar-refractivity contribution in [1.82, 2.24) is 10.2 Å². The number of aryl methyl sites for hydroxylation is 1. The number of sulfonamides is 1. The Morgan fingerprint density at radius 1 is 1.06 bits per heavy atom. The summed E-state index contributed by atoms with van der Waals surface area (Å²) in [6.07, 6.45) is 1.54. The average molecular weight is 508 g/mol. The van der Waals surface area contributed by atoms with E-state index in [1.807, 2.05) is 39.0 Å². The lowest BCUT2D eigenvalue weighted by molar-refractivity contribution is -0.140. The second kappa shape index (κ2) is 12.2. The minimum Gasteiger partial charge on any atom is -0.352 e. The molecule has 0 saturated carbocycles. The van der Waals surface area contributed by atoms with E-state index in [0.717, 1.165) is 17.4 Å². The predicted molar refractivity (Wildman–Crippen MR) is 137 cm³/mol. The monoisotopic (exact) mass is 507 g/mol. The van der Waals surface area contributed by atoms with Crippen LogP contribution in [0.15, 0.2) is 48.5 Å². The van der Waals surface area contributed by atoms with Crippen molar-refractivity contribution in [3.05, 3.63) is 64.7 Å². The van der Waals surface area contributed by atoms with E-state index in [4.69, 9.17) is 11.6 Å². The van der Waals surface area contributed by atoms with Crippen LogP contribution in [0.25, 0.3) is 0 Å². The smallest absolute Gasteiger partial charge is 0.242 e. The molecule has 0 bridgehead atoms. The van der Waals surface area contributed by atoms with Crippen molar-refractivity contribution in [3.63, 3.8) is 0 Å². The normalized spacial score (nSPS) is 12.3. The molecule has 2 aromatic rings. The zero-order valence-electron chi connectivity index (χ0n) is 20.4. The van der Waals surface area contributed by atoms with Gasteiger partial charge in [-0.15, -0.1) is 0 Å². The molecule has 2 rings (SSSR count). The van der Waals surface area contributed by atoms with E-state index in [1.54, 1.807) is 37.3 Å². The van der Waals surface area contributed by atoms with Crippen LogP contribution in [0.4, 0.5) is 5.69 Å². The number of amides is 2. The molecule has 0 spiro atoms. The Labute approximate surface area is 208 Å². The number of benzene rings is 2. The van der Waals surface area contributed by atoms with Crippen molar-refractivity contribution in [1.29, 1.82) is 0 Å². The summed E-state index contributed by atoms with van der Waals surface area (Å²) in [7, 11) is -3.52. The molecular formula is C25H34ClN3O4S. The van der Waals surface area contributed by atoms with Gasteiger partial charge in [0, 0.05) is 30.6 Å². The number of anilines is 1. The minimum absolute atomic E-state index is 0.0649. The minimum atomic E-state index is -3.52. The van der Waals surface area contributed by atoms with E-state index >= 15 is 0 Å². The maximum absolute atomic E-state index is 13.2. The maximum Gasteiger partial charge on any atom is 0.242 e. The Morgan fingerprint density at radius 3 is 2.32 bits per heavy atom. The first-order chi connectivity index (χ1) is 15.9. The maximum atomic E-state index is 13.2. The Morgan fingerprint density at radius 2 is 1.74 bits per heavy atom. The fourth-order valence-corrected chi connectivity index (χ4v) is 4.74. The molecule has 1 atom stereocenters. The fourth-order valence-electron chi connectivity index (χ4n) is 3.58. The van der Waals surface area contributed by atoms with Gasteiger partial charge in [0.2, 0.25) is 21.8 Å². The van der Waals surface area contributed by atoms with Gasteiger partial charge in [-0.1, -0.05) is 41.9 Å². The zero-order valence-corrected chi connectivity index (χ0v) is 22.0. The van der Waals surface area contributed by atoms with Crippen molar-refractivity contribution in [2.24, 2.45) is 0 Å². The number of rotatable bonds is 11. The Hall–Kier alpha value is -2.58. The van der Waals surface area contributed by atoms with Crippen LogP contribution in [0.1, 0.15) is 44.7 Å². The SMILES string of the molecule is Cc1cccc(N(CCCC(=O)N(Cc2ccccc2Cl)[C@H](C)C(=O)NC(C)C)S(C)(=O)=O)c1. The largest absolute Gasteiger partial charge is 0.352 e. The van der Waals surface area contributed by atoms with Gasteiger partial charge in [-0.25, -0.2) is 8.42 Å². The van der Waals surface area contributed by atoms with Crippen molar-refractivity contribution in [2.75, 3.05) is 17.1 Å². The Kier molecular flexibility index (Phi) is 9.94. The van der Waals surface area contributed by atoms with Crippen molar-refractivity contribution >= 4 is 39.1 Å². The highest BCUT2D eigenvalue weighted by Crippen LogP contribution is 2.22. The lowest BCUT2D eigenvalue weighted by atomic mass is 10.1. The van der Waals surface area contributed by atoms with Crippen LogP contribution in [0, 0.1) is 6.92 Å². The lowest BCUT2D eigenvalue weighted by Crippen LogP contribution is -2.49. The third-order valence-corrected chi connectivity index (χ3v) is 6.90. The molecule has 7 nitrogen and oxygen atoms in total. The lowest BCUT2D eigenvalue weighted by Gasteiger charge is -2.30. The van der Waals surface area contributed by atoms with E-state index in [9.17, 15) is 18.0 Å². The van der Waals surface area contributed by atoms with Gasteiger partial charge in [-0.2, -0.15) is 0 Å². The number of hydrogen-bond acceptors (Lipinski definition) is 4. The van der Waals surface area contributed by atoms with Gasteiger partial charge in [-0.05, 0) is 63.4 Å². The number of carbonyl (C=O) groups is 2. The molecule has 0 aliphatic heterocycles. The van der Waals surface area contributed by atoms with Gasteiger partial charge in [0.05, 0.1) is 11.9 Å². The summed E-state index contributed by atoms with van der Waals surface area (Å²) >= 11 is 6.31. The van der Waals surface area contributed by atoms with Crippen molar-refractivity contribution in [2.45, 2.75) is 59.2 Å². The summed E-state index contributed by atoms with van der Waals surface area (Å²) in [4.78, 5) is 27.4. The second-order valence-corrected chi connectivity index (χ2v) is 11.0. The van der Waals surface area contributed by atoms with Gasteiger partial charge < -0.3 is 10.2 Å². The van der Waals surface area contributed by atoms with Crippen LogP contribution >= 0.6 is 11.6 Å². The summed E-state index contributed by atoms with van der Waals surface area (Å²) in [6.45, 7) is 7.62. The summed E-state index contributed by atoms with van der Waals surface area (Å²) in [5, 5.41) is 3.36. The molecule has 0 aliphatic carbocycles. The molecule has 34 heavy (non-hydrogen) atoms. The Bertz CT molecular complexity index is 1100. The molecule has 0 fully saturated rings. The average Bonchev–Trinajstić information content (AvgIpc) is 2.74. The molecule has 9 heteroatoms. The topological polar surface area (TPSA) is 86.8 Å². The summed E-state index contributed by atoms with van der Waals surface area (Å²) in [5.41, 5.74) is 2.24. The van der Waals surface area contributed by atoms with Gasteiger partial charge >= 0.3 is 0 Å². The van der Waals surface area contributed by atoms with Crippen LogP contribution in [0.2, 0.25) is 5.02 Å². The van der Waals surface area contributed by atoms with E-state index in [-0.39, 0.29) is 37.4 Å². The number of halogens is 1. The van der Waals surface area contributed by atoms with Crippen LogP contribution < -0.4 is 9.62 Å². The molecule has 0 unspecified atom stereocenters. The third kappa shape index (κ3) is 8.02. The van der Waals surface area contributed by atoms with Gasteiger partial charge in [0.25, 0.3) is 0 Å². The molecule has 0 saturated heterocycles. The molecule has 0 aromatic heterocycles. The molecule has 0 aliphatic rings. The third-order valence-electron chi connectivity index (χ3n) is 5.34. The molecule has 0 radical (unpaired) electrons. The summed E-state index contributed by atoms with van der Waals surface area (Å²) < 4.78 is 26.1.